The third-order valence-corrected chi connectivity index (χ3v) is 3.31. The van der Waals surface area contributed by atoms with E-state index < -0.39 is 11.9 Å². The first-order chi connectivity index (χ1) is 11.5. The molecule has 0 unspecified atom stereocenters. The number of anilines is 1. The molecule has 6 heteroatoms. The second-order valence-corrected chi connectivity index (χ2v) is 5.26. The van der Waals surface area contributed by atoms with Crippen LogP contribution in [-0.4, -0.2) is 25.7 Å². The van der Waals surface area contributed by atoms with Gasteiger partial charge in [-0.2, -0.15) is 0 Å². The maximum Gasteiger partial charge on any atom is 0.325 e. The van der Waals surface area contributed by atoms with E-state index in [0.717, 1.165) is 11.1 Å². The van der Waals surface area contributed by atoms with Crippen LogP contribution in [-0.2, 0) is 4.79 Å². The Morgan fingerprint density at radius 3 is 2.42 bits per heavy atom. The van der Waals surface area contributed by atoms with Crippen molar-refractivity contribution in [2.75, 3.05) is 19.0 Å². The summed E-state index contributed by atoms with van der Waals surface area (Å²) in [6.07, 6.45) is 0. The van der Waals surface area contributed by atoms with Crippen LogP contribution in [0.3, 0.4) is 0 Å². The van der Waals surface area contributed by atoms with Crippen LogP contribution in [0, 0.1) is 13.8 Å². The van der Waals surface area contributed by atoms with Gasteiger partial charge in [-0.15, -0.1) is 0 Å². The molecule has 2 aromatic carbocycles. The number of rotatable bonds is 5. The van der Waals surface area contributed by atoms with Crippen molar-refractivity contribution >= 4 is 17.6 Å². The first-order valence-electron chi connectivity index (χ1n) is 7.43. The molecule has 0 bridgehead atoms. The second-order valence-electron chi connectivity index (χ2n) is 5.26. The van der Waals surface area contributed by atoms with Gasteiger partial charge < -0.3 is 14.8 Å². The predicted octanol–water partition coefficient (Wildman–Crippen LogP) is 3.04. The lowest BCUT2D eigenvalue weighted by atomic mass is 10.1. The molecule has 0 heterocycles. The molecule has 0 saturated carbocycles. The Balaban J connectivity index is 1.86. The smallest absolute Gasteiger partial charge is 0.325 e. The van der Waals surface area contributed by atoms with Gasteiger partial charge in [0, 0.05) is 5.69 Å². The Morgan fingerprint density at radius 2 is 1.75 bits per heavy atom. The van der Waals surface area contributed by atoms with Crippen molar-refractivity contribution in [1.29, 1.82) is 0 Å². The average molecular weight is 328 g/mol. The summed E-state index contributed by atoms with van der Waals surface area (Å²) in [6.45, 7) is 3.56. The van der Waals surface area contributed by atoms with Gasteiger partial charge in [-0.25, -0.2) is 4.79 Å². The first-order valence-corrected chi connectivity index (χ1v) is 7.43. The predicted molar refractivity (Wildman–Crippen MR) is 91.6 cm³/mol. The number of amides is 3. The molecule has 0 spiro atoms. The van der Waals surface area contributed by atoms with Gasteiger partial charge in [0.1, 0.15) is 0 Å². The average Bonchev–Trinajstić information content (AvgIpc) is 2.55. The SMILES string of the molecule is COc1ccccc1OCC(=O)NC(=O)Nc1ccc(C)cc1C. The minimum atomic E-state index is -0.601. The third kappa shape index (κ3) is 4.74. The van der Waals surface area contributed by atoms with Gasteiger partial charge in [0.15, 0.2) is 18.1 Å². The van der Waals surface area contributed by atoms with Crippen LogP contribution in [0.1, 0.15) is 11.1 Å². The van der Waals surface area contributed by atoms with E-state index in [0.29, 0.717) is 17.2 Å². The van der Waals surface area contributed by atoms with Gasteiger partial charge in [-0.05, 0) is 37.6 Å². The fraction of sp³-hybridized carbons (Fsp3) is 0.222. The quantitative estimate of drug-likeness (QED) is 0.884. The molecule has 2 N–H and O–H groups in total. The summed E-state index contributed by atoms with van der Waals surface area (Å²) in [4.78, 5) is 23.7. The molecule has 2 rings (SSSR count). The first kappa shape index (κ1) is 17.3. The Hall–Kier alpha value is -3.02. The van der Waals surface area contributed by atoms with E-state index in [4.69, 9.17) is 9.47 Å². The van der Waals surface area contributed by atoms with Crippen molar-refractivity contribution in [1.82, 2.24) is 5.32 Å². The van der Waals surface area contributed by atoms with Gasteiger partial charge in [-0.1, -0.05) is 29.8 Å². The fourth-order valence-electron chi connectivity index (χ4n) is 2.15. The van der Waals surface area contributed by atoms with Crippen LogP contribution >= 0.6 is 0 Å². The van der Waals surface area contributed by atoms with E-state index in [1.807, 2.05) is 26.0 Å². The molecular weight excluding hydrogens is 308 g/mol. The minimum absolute atomic E-state index is 0.291. The molecule has 0 saturated heterocycles. The molecule has 3 amide bonds. The number of para-hydroxylation sites is 2. The lowest BCUT2D eigenvalue weighted by molar-refractivity contribution is -0.121. The fourth-order valence-corrected chi connectivity index (χ4v) is 2.15. The molecule has 0 aliphatic heterocycles. The van der Waals surface area contributed by atoms with Crippen LogP contribution in [0.2, 0.25) is 0 Å². The van der Waals surface area contributed by atoms with Crippen LogP contribution < -0.4 is 20.1 Å². The Morgan fingerprint density at radius 1 is 1.04 bits per heavy atom. The maximum atomic E-state index is 11.9. The van der Waals surface area contributed by atoms with Crippen molar-refractivity contribution in [3.63, 3.8) is 0 Å². The van der Waals surface area contributed by atoms with Crippen LogP contribution in [0.4, 0.5) is 10.5 Å². The lowest BCUT2D eigenvalue weighted by Gasteiger charge is -2.11. The van der Waals surface area contributed by atoms with Gasteiger partial charge in [0.05, 0.1) is 7.11 Å². The molecular formula is C18H20N2O4. The summed E-state index contributed by atoms with van der Waals surface area (Å²) in [5, 5.41) is 4.86. The molecule has 0 atom stereocenters. The molecule has 0 fully saturated rings. The second kappa shape index (κ2) is 8.01. The monoisotopic (exact) mass is 328 g/mol. The number of hydrogen-bond acceptors (Lipinski definition) is 4. The number of imide groups is 1. The van der Waals surface area contributed by atoms with Crippen LogP contribution in [0.15, 0.2) is 42.5 Å². The van der Waals surface area contributed by atoms with Gasteiger partial charge >= 0.3 is 6.03 Å². The van der Waals surface area contributed by atoms with Crippen molar-refractivity contribution < 1.29 is 19.1 Å². The summed E-state index contributed by atoms with van der Waals surface area (Å²) < 4.78 is 10.5. The highest BCUT2D eigenvalue weighted by atomic mass is 16.5. The topological polar surface area (TPSA) is 76.7 Å². The largest absolute Gasteiger partial charge is 0.493 e. The van der Waals surface area contributed by atoms with E-state index in [9.17, 15) is 9.59 Å². The zero-order valence-corrected chi connectivity index (χ0v) is 13.9. The number of ether oxygens (including phenoxy) is 2. The van der Waals surface area contributed by atoms with Crippen molar-refractivity contribution in [3.05, 3.63) is 53.6 Å². The molecule has 6 nitrogen and oxygen atoms in total. The standard InChI is InChI=1S/C18H20N2O4/c1-12-8-9-14(13(2)10-12)19-18(22)20-17(21)11-24-16-7-5-4-6-15(16)23-3/h4-10H,11H2,1-3H3,(H2,19,20,21,22). The summed E-state index contributed by atoms with van der Waals surface area (Å²) in [7, 11) is 1.51. The maximum absolute atomic E-state index is 11.9. The molecule has 0 radical (unpaired) electrons. The lowest BCUT2D eigenvalue weighted by Crippen LogP contribution is -2.37. The summed E-state index contributed by atoms with van der Waals surface area (Å²) in [6, 6.07) is 12.0. The molecule has 0 aliphatic rings. The number of urea groups is 1. The number of benzene rings is 2. The van der Waals surface area contributed by atoms with Crippen LogP contribution in [0.25, 0.3) is 0 Å². The number of aryl methyl sites for hydroxylation is 2. The highest BCUT2D eigenvalue weighted by molar-refractivity contribution is 6.01. The molecule has 24 heavy (non-hydrogen) atoms. The number of nitrogens with one attached hydrogen (secondary N) is 2. The minimum Gasteiger partial charge on any atom is -0.493 e. The van der Waals surface area contributed by atoms with Crippen molar-refractivity contribution in [2.24, 2.45) is 0 Å². The molecule has 0 aromatic heterocycles. The van der Waals surface area contributed by atoms with E-state index in [-0.39, 0.29) is 6.61 Å². The number of carbonyl (C=O) groups excluding carboxylic acids is 2. The van der Waals surface area contributed by atoms with Crippen molar-refractivity contribution in [2.45, 2.75) is 13.8 Å². The van der Waals surface area contributed by atoms with Crippen LogP contribution in [0.5, 0.6) is 11.5 Å². The number of methoxy groups -OCH3 is 1. The zero-order chi connectivity index (χ0) is 17.5. The third-order valence-electron chi connectivity index (χ3n) is 3.31. The van der Waals surface area contributed by atoms with Crippen molar-refractivity contribution in [3.8, 4) is 11.5 Å². The summed E-state index contributed by atoms with van der Waals surface area (Å²) in [5.74, 6) is 0.401. The highest BCUT2D eigenvalue weighted by Crippen LogP contribution is 2.25. The molecule has 0 aliphatic carbocycles. The van der Waals surface area contributed by atoms with E-state index in [1.165, 1.54) is 7.11 Å². The Labute approximate surface area is 140 Å². The number of hydrogen-bond donors (Lipinski definition) is 2. The van der Waals surface area contributed by atoms with E-state index in [1.54, 1.807) is 30.3 Å². The zero-order valence-electron chi connectivity index (χ0n) is 13.9. The normalized spacial score (nSPS) is 9.96. The summed E-state index contributed by atoms with van der Waals surface area (Å²) in [5.41, 5.74) is 2.67. The van der Waals surface area contributed by atoms with Gasteiger partial charge in [0.25, 0.3) is 5.91 Å². The highest BCUT2D eigenvalue weighted by Gasteiger charge is 2.11. The molecule has 126 valence electrons. The Bertz CT molecular complexity index is 744. The molecule has 2 aromatic rings. The van der Waals surface area contributed by atoms with Gasteiger partial charge in [0.2, 0.25) is 0 Å². The van der Waals surface area contributed by atoms with Gasteiger partial charge in [-0.3, -0.25) is 10.1 Å². The Kier molecular flexibility index (Phi) is 5.78. The van der Waals surface area contributed by atoms with E-state index >= 15 is 0 Å². The summed E-state index contributed by atoms with van der Waals surface area (Å²) >= 11 is 0. The van der Waals surface area contributed by atoms with E-state index in [2.05, 4.69) is 10.6 Å². The number of carbonyl (C=O) groups is 2.